The Morgan fingerprint density at radius 2 is 2.10 bits per heavy atom. The van der Waals surface area contributed by atoms with Gasteiger partial charge in [0.15, 0.2) is 0 Å². The third-order valence-electron chi connectivity index (χ3n) is 3.32. The molecule has 0 amide bonds. The molecule has 0 saturated carbocycles. The van der Waals surface area contributed by atoms with Gasteiger partial charge in [-0.15, -0.1) is 0 Å². The predicted octanol–water partition coefficient (Wildman–Crippen LogP) is 3.58. The minimum Gasteiger partial charge on any atom is -0.384 e. The maximum Gasteiger partial charge on any atom is 0.130 e. The summed E-state index contributed by atoms with van der Waals surface area (Å²) >= 11 is 1.51. The summed E-state index contributed by atoms with van der Waals surface area (Å²) in [7, 11) is 0. The second kappa shape index (κ2) is 5.99. The quantitative estimate of drug-likeness (QED) is 0.884. The maximum atomic E-state index is 13.7. The fraction of sp³-hybridized carbons (Fsp3) is 0.333. The summed E-state index contributed by atoms with van der Waals surface area (Å²) in [5.74, 6) is -1.18. The molecule has 0 fully saturated rings. The summed E-state index contributed by atoms with van der Waals surface area (Å²) in [5, 5.41) is 17.2. The average molecular weight is 297 g/mol. The van der Waals surface area contributed by atoms with E-state index in [4.69, 9.17) is 0 Å². The highest BCUT2D eigenvalue weighted by atomic mass is 32.1. The molecule has 2 rings (SSSR count). The van der Waals surface area contributed by atoms with E-state index in [0.29, 0.717) is 5.56 Å². The summed E-state index contributed by atoms with van der Waals surface area (Å²) in [6.07, 6.45) is 0. The van der Waals surface area contributed by atoms with E-state index < -0.39 is 17.2 Å². The molecule has 2 unspecified atom stereocenters. The molecule has 2 N–H and O–H groups in total. The van der Waals surface area contributed by atoms with Crippen LogP contribution in [0.2, 0.25) is 0 Å². The molecule has 0 aliphatic carbocycles. The number of aliphatic hydroxyl groups is 1. The molecule has 0 bridgehead atoms. The van der Waals surface area contributed by atoms with Gasteiger partial charge in [0, 0.05) is 24.2 Å². The Hall–Kier alpha value is -1.30. The normalized spacial score (nSPS) is 15.8. The van der Waals surface area contributed by atoms with Crippen molar-refractivity contribution < 1.29 is 13.9 Å². The van der Waals surface area contributed by atoms with Crippen LogP contribution < -0.4 is 5.32 Å². The van der Waals surface area contributed by atoms with Crippen LogP contribution in [0.4, 0.5) is 8.78 Å². The monoisotopic (exact) mass is 297 g/mol. The molecule has 1 heterocycles. The fourth-order valence-corrected chi connectivity index (χ4v) is 2.77. The van der Waals surface area contributed by atoms with Gasteiger partial charge < -0.3 is 10.4 Å². The number of hydrogen-bond acceptors (Lipinski definition) is 3. The highest BCUT2D eigenvalue weighted by Crippen LogP contribution is 2.24. The van der Waals surface area contributed by atoms with Crippen molar-refractivity contribution in [3.05, 3.63) is 57.8 Å². The lowest BCUT2D eigenvalue weighted by molar-refractivity contribution is 0.0547. The molecule has 108 valence electrons. The van der Waals surface area contributed by atoms with Crippen LogP contribution in [0.3, 0.4) is 0 Å². The molecule has 2 atom stereocenters. The zero-order valence-corrected chi connectivity index (χ0v) is 12.2. The first-order valence-electron chi connectivity index (χ1n) is 6.33. The van der Waals surface area contributed by atoms with Gasteiger partial charge in [0.25, 0.3) is 0 Å². The lowest BCUT2D eigenvalue weighted by atomic mass is 9.98. The lowest BCUT2D eigenvalue weighted by Crippen LogP contribution is -2.36. The molecule has 0 aliphatic rings. The molecule has 0 aliphatic heterocycles. The van der Waals surface area contributed by atoms with E-state index in [9.17, 15) is 13.9 Å². The summed E-state index contributed by atoms with van der Waals surface area (Å²) < 4.78 is 26.5. The lowest BCUT2D eigenvalue weighted by Gasteiger charge is -2.25. The van der Waals surface area contributed by atoms with Crippen LogP contribution in [0.5, 0.6) is 0 Å². The summed E-state index contributed by atoms with van der Waals surface area (Å²) in [6.45, 7) is 3.76. The second-order valence-corrected chi connectivity index (χ2v) is 5.83. The first kappa shape index (κ1) is 15.1. The van der Waals surface area contributed by atoms with Gasteiger partial charge >= 0.3 is 0 Å². The third kappa shape index (κ3) is 3.42. The Labute approximate surface area is 121 Å². The molecule has 1 aromatic carbocycles. The molecular weight excluding hydrogens is 280 g/mol. The number of benzene rings is 1. The van der Waals surface area contributed by atoms with Gasteiger partial charge in [-0.1, -0.05) is 6.07 Å². The van der Waals surface area contributed by atoms with Crippen LogP contribution in [0, 0.1) is 11.6 Å². The van der Waals surface area contributed by atoms with E-state index in [1.165, 1.54) is 23.5 Å². The smallest absolute Gasteiger partial charge is 0.130 e. The first-order valence-corrected chi connectivity index (χ1v) is 7.28. The Morgan fingerprint density at radius 1 is 1.35 bits per heavy atom. The van der Waals surface area contributed by atoms with Gasteiger partial charge in [0.2, 0.25) is 0 Å². The molecule has 1 aromatic heterocycles. The molecule has 2 aromatic rings. The van der Waals surface area contributed by atoms with Gasteiger partial charge in [0.05, 0.1) is 0 Å². The zero-order valence-electron chi connectivity index (χ0n) is 11.4. The number of thiophene rings is 1. The topological polar surface area (TPSA) is 32.3 Å². The number of rotatable bonds is 5. The van der Waals surface area contributed by atoms with Crippen molar-refractivity contribution >= 4 is 11.3 Å². The van der Waals surface area contributed by atoms with Crippen molar-refractivity contribution in [3.63, 3.8) is 0 Å². The Balaban J connectivity index is 2.03. The van der Waals surface area contributed by atoms with E-state index >= 15 is 0 Å². The summed E-state index contributed by atoms with van der Waals surface area (Å²) in [6, 6.07) is 5.05. The van der Waals surface area contributed by atoms with Crippen molar-refractivity contribution in [2.24, 2.45) is 0 Å². The van der Waals surface area contributed by atoms with Crippen LogP contribution in [0.25, 0.3) is 0 Å². The van der Waals surface area contributed by atoms with E-state index in [2.05, 4.69) is 5.32 Å². The summed E-state index contributed by atoms with van der Waals surface area (Å²) in [5.41, 5.74) is 0.180. The van der Waals surface area contributed by atoms with Crippen molar-refractivity contribution in [3.8, 4) is 0 Å². The van der Waals surface area contributed by atoms with Gasteiger partial charge in [-0.25, -0.2) is 8.78 Å². The fourth-order valence-electron chi connectivity index (χ4n) is 1.99. The van der Waals surface area contributed by atoms with Gasteiger partial charge in [-0.2, -0.15) is 11.3 Å². The zero-order chi connectivity index (χ0) is 14.8. The third-order valence-corrected chi connectivity index (χ3v) is 4.01. The standard InChI is InChI=1S/C15H17F2NOS/c1-10(13-4-3-12(16)7-14(13)17)18-9-15(2,19)11-5-6-20-8-11/h3-8,10,18-19H,9H2,1-2H3. The van der Waals surface area contributed by atoms with Crippen LogP contribution >= 0.6 is 11.3 Å². The number of halogens is 2. The Kier molecular flexibility index (Phi) is 4.52. The number of hydrogen-bond donors (Lipinski definition) is 2. The van der Waals surface area contributed by atoms with Crippen molar-refractivity contribution in [1.82, 2.24) is 5.32 Å². The van der Waals surface area contributed by atoms with E-state index in [-0.39, 0.29) is 12.6 Å². The van der Waals surface area contributed by atoms with Gasteiger partial charge in [-0.05, 0) is 42.3 Å². The minimum absolute atomic E-state index is 0.279. The molecule has 0 saturated heterocycles. The van der Waals surface area contributed by atoms with Crippen LogP contribution in [-0.4, -0.2) is 11.7 Å². The molecule has 20 heavy (non-hydrogen) atoms. The van der Waals surface area contributed by atoms with Crippen molar-refractivity contribution in [2.75, 3.05) is 6.54 Å². The molecular formula is C15H17F2NOS. The highest BCUT2D eigenvalue weighted by molar-refractivity contribution is 7.08. The molecule has 2 nitrogen and oxygen atoms in total. The minimum atomic E-state index is -1.02. The molecule has 0 spiro atoms. The maximum absolute atomic E-state index is 13.7. The summed E-state index contributed by atoms with van der Waals surface area (Å²) in [4.78, 5) is 0. The van der Waals surface area contributed by atoms with E-state index in [0.717, 1.165) is 11.6 Å². The Bertz CT molecular complexity index is 569. The van der Waals surface area contributed by atoms with Crippen molar-refractivity contribution in [1.29, 1.82) is 0 Å². The predicted molar refractivity (Wildman–Crippen MR) is 76.7 cm³/mol. The van der Waals surface area contributed by atoms with Gasteiger partial charge in [-0.3, -0.25) is 0 Å². The molecule has 0 radical (unpaired) electrons. The SMILES string of the molecule is CC(NCC(C)(O)c1ccsc1)c1ccc(F)cc1F. The average Bonchev–Trinajstić information content (AvgIpc) is 2.90. The highest BCUT2D eigenvalue weighted by Gasteiger charge is 2.24. The largest absolute Gasteiger partial charge is 0.384 e. The van der Waals surface area contributed by atoms with E-state index in [1.54, 1.807) is 13.8 Å². The van der Waals surface area contributed by atoms with Gasteiger partial charge in [0.1, 0.15) is 17.2 Å². The van der Waals surface area contributed by atoms with Crippen molar-refractivity contribution in [2.45, 2.75) is 25.5 Å². The second-order valence-electron chi connectivity index (χ2n) is 5.05. The molecule has 5 heteroatoms. The van der Waals surface area contributed by atoms with Crippen LogP contribution in [0.15, 0.2) is 35.0 Å². The number of nitrogens with one attached hydrogen (secondary N) is 1. The first-order chi connectivity index (χ1) is 9.40. The van der Waals surface area contributed by atoms with E-state index in [1.807, 2.05) is 16.8 Å². The Morgan fingerprint density at radius 3 is 2.70 bits per heavy atom. The van der Waals surface area contributed by atoms with Crippen LogP contribution in [0.1, 0.15) is 31.0 Å². The van der Waals surface area contributed by atoms with Crippen LogP contribution in [-0.2, 0) is 5.60 Å².